The number of fused-ring (bicyclic) bond motifs is 1. The number of hydrogen-bond acceptors (Lipinski definition) is 2. The summed E-state index contributed by atoms with van der Waals surface area (Å²) in [5, 5.41) is 0. The van der Waals surface area contributed by atoms with Gasteiger partial charge in [0.05, 0.1) is 12.2 Å². The van der Waals surface area contributed by atoms with Gasteiger partial charge in [0.1, 0.15) is 0 Å². The minimum atomic E-state index is -0.779. The first kappa shape index (κ1) is 9.68. The average Bonchev–Trinajstić information content (AvgIpc) is 2.81. The van der Waals surface area contributed by atoms with Gasteiger partial charge in [-0.2, -0.15) is 0 Å². The van der Waals surface area contributed by atoms with Gasteiger partial charge in [-0.1, -0.05) is 0 Å². The molecule has 0 radical (unpaired) electrons. The summed E-state index contributed by atoms with van der Waals surface area (Å²) in [4.78, 5) is 0. The highest BCUT2D eigenvalue weighted by molar-refractivity contribution is 6.48. The Morgan fingerprint density at radius 3 is 2.85 bits per heavy atom. The molecule has 0 bridgehead atoms. The zero-order valence-corrected chi connectivity index (χ0v) is 9.82. The van der Waals surface area contributed by atoms with Crippen molar-refractivity contribution in [3.8, 4) is 0 Å². The van der Waals surface area contributed by atoms with Crippen molar-refractivity contribution in [3.63, 3.8) is 0 Å². The second kappa shape index (κ2) is 4.11. The largest absolute Gasteiger partial charge is 0.421 e. The molecule has 0 aromatic carbocycles. The smallest absolute Gasteiger partial charge is 0.170 e. The minimum absolute atomic E-state index is 0.634. The molecule has 3 atom stereocenters. The first-order chi connectivity index (χ1) is 6.25. The molecule has 13 heavy (non-hydrogen) atoms. The van der Waals surface area contributed by atoms with E-state index in [0.717, 1.165) is 12.5 Å². The molecule has 76 valence electrons. The highest BCUT2D eigenvalue weighted by atomic mass is 28.3. The van der Waals surface area contributed by atoms with Crippen LogP contribution in [0.5, 0.6) is 0 Å². The Balaban J connectivity index is 1.59. The van der Waals surface area contributed by atoms with E-state index in [2.05, 4.69) is 13.1 Å². The van der Waals surface area contributed by atoms with Crippen molar-refractivity contribution in [2.45, 2.75) is 51.0 Å². The Kier molecular flexibility index (Phi) is 3.06. The van der Waals surface area contributed by atoms with Crippen LogP contribution < -0.4 is 0 Å². The van der Waals surface area contributed by atoms with Gasteiger partial charge in [-0.25, -0.2) is 0 Å². The lowest BCUT2D eigenvalue weighted by Gasteiger charge is -2.19. The van der Waals surface area contributed by atoms with Gasteiger partial charge >= 0.3 is 0 Å². The molecule has 1 saturated carbocycles. The molecular formula is C10H20O2Si. The summed E-state index contributed by atoms with van der Waals surface area (Å²) >= 11 is 0. The van der Waals surface area contributed by atoms with Crippen LogP contribution in [0, 0.1) is 5.92 Å². The molecule has 0 aromatic heterocycles. The fourth-order valence-corrected chi connectivity index (χ4v) is 2.83. The fourth-order valence-electron chi connectivity index (χ4n) is 2.22. The van der Waals surface area contributed by atoms with Crippen LogP contribution in [0.1, 0.15) is 25.7 Å². The molecule has 3 heteroatoms. The maximum Gasteiger partial charge on any atom is 0.170 e. The molecule has 0 N–H and O–H groups in total. The van der Waals surface area contributed by atoms with Crippen molar-refractivity contribution >= 4 is 9.04 Å². The third kappa shape index (κ3) is 2.79. The second-order valence-corrected chi connectivity index (χ2v) is 7.03. The predicted octanol–water partition coefficient (Wildman–Crippen LogP) is 1.94. The van der Waals surface area contributed by atoms with Crippen molar-refractivity contribution in [2.24, 2.45) is 5.92 Å². The zero-order chi connectivity index (χ0) is 9.26. The summed E-state index contributed by atoms with van der Waals surface area (Å²) < 4.78 is 11.2. The molecule has 3 unspecified atom stereocenters. The van der Waals surface area contributed by atoms with Gasteiger partial charge in [0, 0.05) is 6.61 Å². The average molecular weight is 200 g/mol. The molecule has 1 aliphatic carbocycles. The Labute approximate surface area is 82.3 Å². The van der Waals surface area contributed by atoms with E-state index in [4.69, 9.17) is 9.16 Å². The molecule has 2 fully saturated rings. The highest BCUT2D eigenvalue weighted by Gasteiger charge is 2.43. The van der Waals surface area contributed by atoms with Crippen LogP contribution in [0.3, 0.4) is 0 Å². The van der Waals surface area contributed by atoms with Crippen LogP contribution in [0.15, 0.2) is 0 Å². The topological polar surface area (TPSA) is 21.8 Å². The number of hydrogen-bond donors (Lipinski definition) is 0. The van der Waals surface area contributed by atoms with Crippen LogP contribution in [-0.4, -0.2) is 27.9 Å². The minimum Gasteiger partial charge on any atom is -0.421 e. The van der Waals surface area contributed by atoms with Gasteiger partial charge in [0.15, 0.2) is 9.04 Å². The van der Waals surface area contributed by atoms with Crippen LogP contribution in [-0.2, 0) is 9.16 Å². The lowest BCUT2D eigenvalue weighted by atomic mass is 9.87. The predicted molar refractivity (Wildman–Crippen MR) is 55.4 cm³/mol. The molecule has 0 spiro atoms. The summed E-state index contributed by atoms with van der Waals surface area (Å²) in [5.74, 6) is 0.886. The second-order valence-electron chi connectivity index (χ2n) is 4.60. The molecule has 2 nitrogen and oxygen atoms in total. The Bertz CT molecular complexity index is 172. The van der Waals surface area contributed by atoms with Crippen molar-refractivity contribution in [2.75, 3.05) is 6.61 Å². The maximum absolute atomic E-state index is 5.69. The summed E-state index contributed by atoms with van der Waals surface area (Å²) in [7, 11) is -0.779. The number of rotatable bonds is 4. The Morgan fingerprint density at radius 1 is 1.31 bits per heavy atom. The quantitative estimate of drug-likeness (QED) is 0.511. The lowest BCUT2D eigenvalue weighted by molar-refractivity contribution is 0.257. The van der Waals surface area contributed by atoms with Crippen molar-refractivity contribution in [1.29, 1.82) is 0 Å². The number of epoxide rings is 1. The molecule has 1 heterocycles. The van der Waals surface area contributed by atoms with Crippen LogP contribution in [0.25, 0.3) is 0 Å². The normalized spacial score (nSPS) is 37.6. The molecule has 1 saturated heterocycles. The summed E-state index contributed by atoms with van der Waals surface area (Å²) in [5.41, 5.74) is 0. The molecule has 1 aliphatic heterocycles. The third-order valence-corrected chi connectivity index (χ3v) is 3.99. The van der Waals surface area contributed by atoms with E-state index in [1.54, 1.807) is 0 Å². The van der Waals surface area contributed by atoms with E-state index in [9.17, 15) is 0 Å². The summed E-state index contributed by atoms with van der Waals surface area (Å²) in [6, 6.07) is 0. The van der Waals surface area contributed by atoms with E-state index in [1.165, 1.54) is 25.7 Å². The standard InChI is InChI=1S/C10H20O2Si/c1-13(2)11-6-5-8-3-4-9-10(7-8)12-9/h8-10,13H,3-7H2,1-2H3. The first-order valence-electron chi connectivity index (χ1n) is 5.53. The SMILES string of the molecule is C[SiH](C)OCCC1CCC2OC2C1. The van der Waals surface area contributed by atoms with Gasteiger partial charge in [-0.05, 0) is 44.7 Å². The van der Waals surface area contributed by atoms with Crippen molar-refractivity contribution in [3.05, 3.63) is 0 Å². The van der Waals surface area contributed by atoms with E-state index in [0.29, 0.717) is 12.2 Å². The monoisotopic (exact) mass is 200 g/mol. The van der Waals surface area contributed by atoms with Gasteiger partial charge in [-0.15, -0.1) is 0 Å². The lowest BCUT2D eigenvalue weighted by Crippen LogP contribution is -2.17. The zero-order valence-electron chi connectivity index (χ0n) is 8.66. The summed E-state index contributed by atoms with van der Waals surface area (Å²) in [6.45, 7) is 5.47. The van der Waals surface area contributed by atoms with Gasteiger partial charge < -0.3 is 9.16 Å². The van der Waals surface area contributed by atoms with Crippen LogP contribution >= 0.6 is 0 Å². The molecule has 2 rings (SSSR count). The van der Waals surface area contributed by atoms with Gasteiger partial charge in [0.2, 0.25) is 0 Å². The van der Waals surface area contributed by atoms with E-state index >= 15 is 0 Å². The fraction of sp³-hybridized carbons (Fsp3) is 1.00. The number of ether oxygens (including phenoxy) is 1. The van der Waals surface area contributed by atoms with Crippen molar-refractivity contribution in [1.82, 2.24) is 0 Å². The van der Waals surface area contributed by atoms with E-state index < -0.39 is 9.04 Å². The molecular weight excluding hydrogens is 180 g/mol. The molecule has 0 aromatic rings. The summed E-state index contributed by atoms with van der Waals surface area (Å²) in [6.07, 6.45) is 6.51. The van der Waals surface area contributed by atoms with Crippen LogP contribution in [0.2, 0.25) is 13.1 Å². The Hall–Kier alpha value is 0.137. The van der Waals surface area contributed by atoms with Crippen molar-refractivity contribution < 1.29 is 9.16 Å². The van der Waals surface area contributed by atoms with E-state index in [1.807, 2.05) is 0 Å². The third-order valence-electron chi connectivity index (χ3n) is 3.09. The first-order valence-corrected chi connectivity index (χ1v) is 8.31. The van der Waals surface area contributed by atoms with Gasteiger partial charge in [-0.3, -0.25) is 0 Å². The van der Waals surface area contributed by atoms with Crippen LogP contribution in [0.4, 0.5) is 0 Å². The molecule has 2 aliphatic rings. The van der Waals surface area contributed by atoms with E-state index in [-0.39, 0.29) is 0 Å². The molecule has 0 amide bonds. The Morgan fingerprint density at radius 2 is 2.15 bits per heavy atom. The maximum atomic E-state index is 5.69. The van der Waals surface area contributed by atoms with Gasteiger partial charge in [0.25, 0.3) is 0 Å². The highest BCUT2D eigenvalue weighted by Crippen LogP contribution is 2.40.